The van der Waals surface area contributed by atoms with Crippen molar-refractivity contribution in [3.8, 4) is 22.5 Å². The van der Waals surface area contributed by atoms with E-state index >= 15 is 0 Å². The molecular weight excluding hydrogens is 809 g/mol. The summed E-state index contributed by atoms with van der Waals surface area (Å²) >= 11 is 0. The number of sulfonamides is 1. The molecule has 3 heterocycles. The highest BCUT2D eigenvalue weighted by Gasteiger charge is 2.38. The van der Waals surface area contributed by atoms with E-state index < -0.39 is 43.8 Å². The summed E-state index contributed by atoms with van der Waals surface area (Å²) in [7, 11) is -5.05. The second-order valence-electron chi connectivity index (χ2n) is 14.9. The number of hydroxylamine groups is 2. The minimum Gasteiger partial charge on any atom is -0.744 e. The molecule has 4 aromatic carbocycles. The zero-order chi connectivity index (χ0) is 42.5. The predicted molar refractivity (Wildman–Crippen MR) is 221 cm³/mol. The third-order valence-corrected chi connectivity index (χ3v) is 14.0. The number of nitrogens with zero attached hydrogens (tertiary/aromatic N) is 4. The van der Waals surface area contributed by atoms with Gasteiger partial charge in [-0.05, 0) is 68.3 Å². The van der Waals surface area contributed by atoms with Gasteiger partial charge in [-0.2, -0.15) is 8.88 Å². The van der Waals surface area contributed by atoms with Gasteiger partial charge in [0.2, 0.25) is 21.1 Å². The quantitative estimate of drug-likeness (QED) is 0.0730. The monoisotopic (exact) mass is 848 g/mol. The first-order valence-corrected chi connectivity index (χ1v) is 22.1. The van der Waals surface area contributed by atoms with E-state index in [1.54, 1.807) is 36.2 Å². The summed E-state index contributed by atoms with van der Waals surface area (Å²) in [5, 5.41) is 1.96. The highest BCUT2D eigenvalue weighted by Crippen LogP contribution is 2.44. The van der Waals surface area contributed by atoms with Crippen LogP contribution in [0.5, 0.6) is 0 Å². The number of imide groups is 1. The van der Waals surface area contributed by atoms with Gasteiger partial charge in [0.15, 0.2) is 0 Å². The average Bonchev–Trinajstić information content (AvgIpc) is 3.56. The van der Waals surface area contributed by atoms with Gasteiger partial charge in [0.1, 0.15) is 28.5 Å². The molecule has 0 N–H and O–H groups in total. The van der Waals surface area contributed by atoms with Crippen LogP contribution in [0.2, 0.25) is 0 Å². The first-order chi connectivity index (χ1) is 28.6. The Balaban J connectivity index is 1.21. The molecule has 60 heavy (non-hydrogen) atoms. The van der Waals surface area contributed by atoms with Crippen LogP contribution in [0.15, 0.2) is 123 Å². The number of rotatable bonds is 9. The molecule has 3 aliphatic heterocycles. The summed E-state index contributed by atoms with van der Waals surface area (Å²) < 4.78 is 74.0. The van der Waals surface area contributed by atoms with Crippen LogP contribution in [0.1, 0.15) is 31.2 Å². The lowest BCUT2D eigenvalue weighted by atomic mass is 9.93. The van der Waals surface area contributed by atoms with Gasteiger partial charge in [0, 0.05) is 90.7 Å². The Labute approximate surface area is 346 Å². The van der Waals surface area contributed by atoms with Gasteiger partial charge >= 0.3 is 5.97 Å². The summed E-state index contributed by atoms with van der Waals surface area (Å²) in [6, 6.07) is 31.7. The summed E-state index contributed by atoms with van der Waals surface area (Å²) in [6.07, 6.45) is 0.215. The molecule has 14 nitrogen and oxygen atoms in total. The predicted octanol–water partition coefficient (Wildman–Crippen LogP) is 5.93. The number of hydrogen-bond donors (Lipinski definition) is 0. The largest absolute Gasteiger partial charge is 0.744 e. The lowest BCUT2D eigenvalue weighted by Gasteiger charge is -2.31. The number of anilines is 2. The number of carbonyl (C=O) groups excluding carboxylic acids is 3. The number of amides is 2. The smallest absolute Gasteiger partial charge is 0.336 e. The van der Waals surface area contributed by atoms with Crippen molar-refractivity contribution in [3.05, 3.63) is 120 Å². The number of benzene rings is 5. The number of piperidine rings is 1. The molecular formula is C44H40N4O10S2. The molecule has 0 saturated carbocycles. The van der Waals surface area contributed by atoms with E-state index in [2.05, 4.69) is 0 Å². The normalized spacial score (nSPS) is 16.1. The summed E-state index contributed by atoms with van der Waals surface area (Å²) in [6.45, 7) is 2.04. The van der Waals surface area contributed by atoms with Crippen LogP contribution in [-0.2, 0) is 39.4 Å². The van der Waals surface area contributed by atoms with Crippen molar-refractivity contribution >= 4 is 66.0 Å². The molecule has 8 rings (SSSR count). The number of fused-ring (bicyclic) bond motifs is 2. The summed E-state index contributed by atoms with van der Waals surface area (Å²) in [4.78, 5) is 43.6. The van der Waals surface area contributed by atoms with E-state index in [0.29, 0.717) is 49.9 Å². The van der Waals surface area contributed by atoms with Gasteiger partial charge in [0.25, 0.3) is 11.8 Å². The first kappa shape index (κ1) is 40.6. The van der Waals surface area contributed by atoms with Gasteiger partial charge in [-0.25, -0.2) is 21.6 Å². The number of aryl methyl sites for hydroxylation is 1. The molecule has 0 spiro atoms. The SMILES string of the molecule is Cc1ccc([N+](C)=c2ccc3c(-c4ccccc4S(=O)(=O)N4CCC(C(=O)ON5C(=O)CCC5=O)CC4)c4ccc(N(C)c5ccc(S(=O)(=O)[O-])cc5)cc4oc-3c2)cc1. The van der Waals surface area contributed by atoms with Crippen LogP contribution >= 0.6 is 0 Å². The van der Waals surface area contributed by atoms with Crippen LogP contribution in [-0.4, -0.2) is 75.7 Å². The van der Waals surface area contributed by atoms with Gasteiger partial charge in [-0.1, -0.05) is 35.9 Å². The Morgan fingerprint density at radius 1 is 0.817 bits per heavy atom. The van der Waals surface area contributed by atoms with Crippen LogP contribution in [0.4, 0.5) is 17.1 Å². The lowest BCUT2D eigenvalue weighted by molar-refractivity contribution is -0.201. The van der Waals surface area contributed by atoms with Crippen molar-refractivity contribution in [2.75, 3.05) is 32.1 Å². The molecule has 308 valence electrons. The maximum atomic E-state index is 14.6. The third-order valence-electron chi connectivity index (χ3n) is 11.1. The van der Waals surface area contributed by atoms with Gasteiger partial charge < -0.3 is 18.7 Å². The molecule has 0 unspecified atom stereocenters. The number of carbonyl (C=O) groups is 3. The average molecular weight is 849 g/mol. The van der Waals surface area contributed by atoms with Crippen LogP contribution in [0.25, 0.3) is 33.4 Å². The molecule has 0 aromatic heterocycles. The fourth-order valence-corrected chi connectivity index (χ4v) is 9.81. The Morgan fingerprint density at radius 3 is 2.13 bits per heavy atom. The van der Waals surface area contributed by atoms with Crippen molar-refractivity contribution in [2.45, 2.75) is 42.4 Å². The molecule has 0 atom stereocenters. The zero-order valence-electron chi connectivity index (χ0n) is 32.9. The second-order valence-corrected chi connectivity index (χ2v) is 18.2. The van der Waals surface area contributed by atoms with Gasteiger partial charge in [0.05, 0.1) is 21.8 Å². The van der Waals surface area contributed by atoms with E-state index in [1.165, 1.54) is 28.6 Å². The van der Waals surface area contributed by atoms with Gasteiger partial charge in [-0.3, -0.25) is 9.59 Å². The van der Waals surface area contributed by atoms with E-state index in [1.807, 2.05) is 79.2 Å². The Kier molecular flexibility index (Phi) is 10.7. The van der Waals surface area contributed by atoms with Crippen molar-refractivity contribution in [1.82, 2.24) is 13.9 Å². The topological polar surface area (TPSA) is 178 Å². The molecule has 0 bridgehead atoms. The van der Waals surface area contributed by atoms with E-state index in [4.69, 9.17) is 9.25 Å². The van der Waals surface area contributed by atoms with E-state index in [0.717, 1.165) is 16.6 Å². The third kappa shape index (κ3) is 7.70. The Morgan fingerprint density at radius 2 is 1.47 bits per heavy atom. The standard InChI is InChI=1S/C44H40N4O10S2/c1-28-8-10-30(11-9-28)45(2)32-14-18-35-38(26-32)57-39-27-33(46(3)31-12-16-34(17-13-31)60(54,55)56)15-19-36(39)43(35)37-6-4-5-7-40(37)59(52,53)47-24-22-29(23-25-47)44(51)58-48-41(49)20-21-42(48)50/h4-19,26-27,29H,20-25H2,1-3H3. The lowest BCUT2D eigenvalue weighted by Crippen LogP contribution is -2.42. The minimum absolute atomic E-state index is 0.00999. The maximum absolute atomic E-state index is 14.6. The molecule has 4 aromatic rings. The molecule has 4 aliphatic rings. The fourth-order valence-electron chi connectivity index (χ4n) is 7.67. The zero-order valence-corrected chi connectivity index (χ0v) is 34.5. The fraction of sp³-hybridized carbons (Fsp3) is 0.227. The van der Waals surface area contributed by atoms with Crippen molar-refractivity contribution in [2.24, 2.45) is 5.92 Å². The maximum Gasteiger partial charge on any atom is 0.336 e. The Hall–Kier alpha value is -6.20. The number of hydrogen-bond acceptors (Lipinski definition) is 11. The molecule has 0 radical (unpaired) electrons. The van der Waals surface area contributed by atoms with Crippen molar-refractivity contribution < 1.29 is 45.0 Å². The van der Waals surface area contributed by atoms with Crippen LogP contribution in [0, 0.1) is 12.8 Å². The highest BCUT2D eigenvalue weighted by atomic mass is 32.2. The van der Waals surface area contributed by atoms with Crippen molar-refractivity contribution in [3.63, 3.8) is 0 Å². The van der Waals surface area contributed by atoms with E-state index in [9.17, 15) is 35.8 Å². The minimum atomic E-state index is -4.63. The molecule has 2 amide bonds. The van der Waals surface area contributed by atoms with Crippen LogP contribution < -0.4 is 14.8 Å². The molecule has 16 heteroatoms. The molecule has 2 saturated heterocycles. The highest BCUT2D eigenvalue weighted by molar-refractivity contribution is 7.89. The van der Waals surface area contributed by atoms with Crippen LogP contribution in [0.3, 0.4) is 0 Å². The Bertz CT molecular complexity index is 2940. The van der Waals surface area contributed by atoms with Gasteiger partial charge in [-0.15, -0.1) is 5.06 Å². The molecule has 2 fully saturated rings. The summed E-state index contributed by atoms with van der Waals surface area (Å²) in [5.74, 6) is -2.12. The van der Waals surface area contributed by atoms with Crippen molar-refractivity contribution in [1.29, 1.82) is 0 Å². The second kappa shape index (κ2) is 15.8. The summed E-state index contributed by atoms with van der Waals surface area (Å²) in [5.41, 5.74) is 5.51. The van der Waals surface area contributed by atoms with E-state index in [-0.39, 0.29) is 48.6 Å². The molecule has 1 aliphatic carbocycles. The first-order valence-electron chi connectivity index (χ1n) is 19.2.